The second kappa shape index (κ2) is 4.86. The van der Waals surface area contributed by atoms with Gasteiger partial charge in [0.15, 0.2) is 0 Å². The number of likely N-dealkylation sites (tertiary alicyclic amines) is 1. The van der Waals surface area contributed by atoms with Crippen LogP contribution < -0.4 is 5.73 Å². The molecule has 0 aromatic carbocycles. The maximum absolute atomic E-state index is 12.6. The van der Waals surface area contributed by atoms with Crippen LogP contribution in [0.1, 0.15) is 29.4 Å². The Morgan fingerprint density at radius 3 is 3.10 bits per heavy atom. The van der Waals surface area contributed by atoms with Crippen molar-refractivity contribution in [3.05, 3.63) is 23.5 Å². The molecule has 0 bridgehead atoms. The Morgan fingerprint density at radius 1 is 1.60 bits per heavy atom. The van der Waals surface area contributed by atoms with Gasteiger partial charge in [0.25, 0.3) is 11.6 Å². The Balaban J connectivity index is 1.90. The number of nitrogens with two attached hydrogens (primary N) is 1. The molecule has 106 valence electrons. The van der Waals surface area contributed by atoms with E-state index in [1.165, 1.54) is 0 Å². The number of amides is 1. The zero-order valence-electron chi connectivity index (χ0n) is 11.7. The summed E-state index contributed by atoms with van der Waals surface area (Å²) in [5.41, 5.74) is 7.50. The van der Waals surface area contributed by atoms with E-state index in [-0.39, 0.29) is 11.9 Å². The summed E-state index contributed by atoms with van der Waals surface area (Å²) in [7, 11) is 0. The number of hydrogen-bond acceptors (Lipinski definition) is 5. The van der Waals surface area contributed by atoms with Crippen LogP contribution in [0.25, 0.3) is 11.1 Å². The van der Waals surface area contributed by atoms with Crippen LogP contribution in [0.5, 0.6) is 0 Å². The average Bonchev–Trinajstić information content (AvgIpc) is 3.01. The molecule has 2 unspecified atom stereocenters. The summed E-state index contributed by atoms with van der Waals surface area (Å²) in [4.78, 5) is 18.6. The highest BCUT2D eigenvalue weighted by atomic mass is 16.5. The van der Waals surface area contributed by atoms with Crippen LogP contribution in [-0.2, 0) is 0 Å². The zero-order valence-corrected chi connectivity index (χ0v) is 11.7. The predicted molar refractivity (Wildman–Crippen MR) is 74.2 cm³/mol. The first-order chi connectivity index (χ1) is 9.60. The zero-order chi connectivity index (χ0) is 14.3. The molecule has 0 radical (unpaired) electrons. The summed E-state index contributed by atoms with van der Waals surface area (Å²) in [5, 5.41) is 4.64. The fourth-order valence-corrected chi connectivity index (χ4v) is 2.82. The molecule has 2 atom stereocenters. The minimum Gasteiger partial charge on any atom is -0.336 e. The molecule has 20 heavy (non-hydrogen) atoms. The van der Waals surface area contributed by atoms with Crippen molar-refractivity contribution in [2.75, 3.05) is 13.1 Å². The molecular weight excluding hydrogens is 256 g/mol. The first-order valence-electron chi connectivity index (χ1n) is 6.83. The van der Waals surface area contributed by atoms with Gasteiger partial charge in [-0.3, -0.25) is 4.79 Å². The van der Waals surface area contributed by atoms with Crippen molar-refractivity contribution in [3.8, 4) is 0 Å². The quantitative estimate of drug-likeness (QED) is 0.893. The lowest BCUT2D eigenvalue weighted by Crippen LogP contribution is -2.34. The number of nitrogens with zero attached hydrogens (tertiary/aromatic N) is 3. The molecule has 0 saturated carbocycles. The molecule has 0 spiro atoms. The number of pyridine rings is 1. The minimum atomic E-state index is 0.00319. The molecule has 2 N–H and O–H groups in total. The van der Waals surface area contributed by atoms with Gasteiger partial charge in [-0.25, -0.2) is 4.98 Å². The van der Waals surface area contributed by atoms with Crippen LogP contribution in [0, 0.1) is 12.8 Å². The van der Waals surface area contributed by atoms with Gasteiger partial charge in [-0.15, -0.1) is 0 Å². The largest absolute Gasteiger partial charge is 0.336 e. The Hall–Kier alpha value is -1.95. The molecule has 3 rings (SSSR count). The maximum Gasteiger partial charge on any atom is 0.257 e. The molecule has 6 heteroatoms. The lowest BCUT2D eigenvalue weighted by atomic mass is 10.1. The summed E-state index contributed by atoms with van der Waals surface area (Å²) < 4.78 is 5.06. The first-order valence-corrected chi connectivity index (χ1v) is 6.83. The van der Waals surface area contributed by atoms with E-state index < -0.39 is 0 Å². The van der Waals surface area contributed by atoms with Crippen LogP contribution in [0.15, 0.2) is 16.8 Å². The van der Waals surface area contributed by atoms with Crippen LogP contribution in [0.2, 0.25) is 0 Å². The van der Waals surface area contributed by atoms with E-state index in [4.69, 9.17) is 10.3 Å². The number of hydrogen-bond donors (Lipinski definition) is 1. The van der Waals surface area contributed by atoms with E-state index in [9.17, 15) is 4.79 Å². The molecule has 2 aromatic rings. The Labute approximate surface area is 116 Å². The second-order valence-electron chi connectivity index (χ2n) is 5.49. The molecule has 2 aromatic heterocycles. The van der Waals surface area contributed by atoms with Crippen LogP contribution in [-0.4, -0.2) is 40.1 Å². The van der Waals surface area contributed by atoms with Crippen molar-refractivity contribution < 1.29 is 9.32 Å². The van der Waals surface area contributed by atoms with E-state index in [0.29, 0.717) is 23.7 Å². The maximum atomic E-state index is 12.6. The molecule has 0 aliphatic carbocycles. The number of carbonyl (C=O) groups excluding carboxylic acids is 1. The fourth-order valence-electron chi connectivity index (χ4n) is 2.82. The number of fused-ring (bicyclic) bond motifs is 1. The predicted octanol–water partition coefficient (Wildman–Crippen LogP) is 1.34. The minimum absolute atomic E-state index is 0.00319. The van der Waals surface area contributed by atoms with Gasteiger partial charge >= 0.3 is 0 Å². The SMILES string of the molecule is Cc1noc2ncc(C(=O)N3CC(CN)CC3C)cc12. The third-order valence-corrected chi connectivity index (χ3v) is 4.01. The van der Waals surface area contributed by atoms with Crippen LogP contribution >= 0.6 is 0 Å². The highest BCUT2D eigenvalue weighted by Crippen LogP contribution is 2.25. The third-order valence-electron chi connectivity index (χ3n) is 4.01. The number of rotatable bonds is 2. The lowest BCUT2D eigenvalue weighted by molar-refractivity contribution is 0.0743. The average molecular weight is 274 g/mol. The normalized spacial score (nSPS) is 22.6. The summed E-state index contributed by atoms with van der Waals surface area (Å²) in [6, 6.07) is 2.02. The van der Waals surface area contributed by atoms with Gasteiger partial charge in [0.05, 0.1) is 16.6 Å². The van der Waals surface area contributed by atoms with Gasteiger partial charge in [0, 0.05) is 18.8 Å². The molecule has 1 saturated heterocycles. The summed E-state index contributed by atoms with van der Waals surface area (Å²) in [6.45, 7) is 5.24. The summed E-state index contributed by atoms with van der Waals surface area (Å²) in [6.07, 6.45) is 2.52. The van der Waals surface area contributed by atoms with E-state index in [0.717, 1.165) is 24.0 Å². The summed E-state index contributed by atoms with van der Waals surface area (Å²) in [5.74, 6) is 0.395. The van der Waals surface area contributed by atoms with Crippen LogP contribution in [0.3, 0.4) is 0 Å². The van der Waals surface area contributed by atoms with Crippen molar-refractivity contribution in [2.45, 2.75) is 26.3 Å². The van der Waals surface area contributed by atoms with Crippen LogP contribution in [0.4, 0.5) is 0 Å². The molecule has 1 aliphatic heterocycles. The lowest BCUT2D eigenvalue weighted by Gasteiger charge is -2.21. The van der Waals surface area contributed by atoms with Crippen molar-refractivity contribution in [3.63, 3.8) is 0 Å². The van der Waals surface area contributed by atoms with Crippen molar-refractivity contribution in [1.82, 2.24) is 15.0 Å². The second-order valence-corrected chi connectivity index (χ2v) is 5.49. The van der Waals surface area contributed by atoms with Gasteiger partial charge in [0.2, 0.25) is 0 Å². The van der Waals surface area contributed by atoms with Gasteiger partial charge < -0.3 is 15.2 Å². The number of aryl methyl sites for hydroxylation is 1. The van der Waals surface area contributed by atoms with Crippen molar-refractivity contribution >= 4 is 17.0 Å². The Bertz CT molecular complexity index is 652. The van der Waals surface area contributed by atoms with Gasteiger partial charge in [-0.2, -0.15) is 0 Å². The van der Waals surface area contributed by atoms with E-state index >= 15 is 0 Å². The molecule has 1 fully saturated rings. The fraction of sp³-hybridized carbons (Fsp3) is 0.500. The molecule has 3 heterocycles. The smallest absolute Gasteiger partial charge is 0.257 e. The molecule has 1 amide bonds. The topological polar surface area (TPSA) is 85.2 Å². The van der Waals surface area contributed by atoms with Crippen molar-refractivity contribution in [2.24, 2.45) is 11.7 Å². The van der Waals surface area contributed by atoms with E-state index in [1.54, 1.807) is 12.3 Å². The van der Waals surface area contributed by atoms with Gasteiger partial charge in [0.1, 0.15) is 0 Å². The Morgan fingerprint density at radius 2 is 2.40 bits per heavy atom. The van der Waals surface area contributed by atoms with Gasteiger partial charge in [-0.05, 0) is 38.8 Å². The standard InChI is InChI=1S/C14H18N4O2/c1-8-3-10(5-15)7-18(8)14(19)11-4-12-9(2)17-20-13(12)16-6-11/h4,6,8,10H,3,5,7,15H2,1-2H3. The van der Waals surface area contributed by atoms with Gasteiger partial charge in [-0.1, -0.05) is 5.16 Å². The number of aromatic nitrogens is 2. The molecular formula is C14H18N4O2. The monoisotopic (exact) mass is 274 g/mol. The van der Waals surface area contributed by atoms with E-state index in [1.807, 2.05) is 11.8 Å². The Kier molecular flexibility index (Phi) is 3.17. The number of carbonyl (C=O) groups is 1. The highest BCUT2D eigenvalue weighted by Gasteiger charge is 2.32. The molecule has 6 nitrogen and oxygen atoms in total. The van der Waals surface area contributed by atoms with E-state index in [2.05, 4.69) is 17.1 Å². The first kappa shape index (κ1) is 13.1. The third kappa shape index (κ3) is 2.06. The molecule has 1 aliphatic rings. The van der Waals surface area contributed by atoms with Crippen molar-refractivity contribution in [1.29, 1.82) is 0 Å². The summed E-state index contributed by atoms with van der Waals surface area (Å²) >= 11 is 0. The highest BCUT2D eigenvalue weighted by molar-refractivity contribution is 5.97.